The second kappa shape index (κ2) is 9.57. The zero-order chi connectivity index (χ0) is 23.8. The molecule has 2 unspecified atom stereocenters. The molecule has 0 spiro atoms. The number of rotatable bonds is 7. The molecular weight excluding hydrogens is 417 g/mol. The third-order valence-corrected chi connectivity index (χ3v) is 8.18. The number of halogens is 1. The smallest absolute Gasteiger partial charge is 0.254 e. The highest BCUT2D eigenvalue weighted by Crippen LogP contribution is 2.59. The number of fused-ring (bicyclic) bond motifs is 1. The minimum atomic E-state index is -0.386. The predicted molar refractivity (Wildman–Crippen MR) is 128 cm³/mol. The molecule has 2 fully saturated rings. The van der Waals surface area contributed by atoms with Crippen molar-refractivity contribution < 1.29 is 14.0 Å². The van der Waals surface area contributed by atoms with E-state index < -0.39 is 0 Å². The number of allylic oxidation sites excluding steroid dienone is 1. The van der Waals surface area contributed by atoms with Crippen LogP contribution in [0, 0.1) is 29.0 Å². The van der Waals surface area contributed by atoms with Gasteiger partial charge >= 0.3 is 0 Å². The van der Waals surface area contributed by atoms with Crippen molar-refractivity contribution in [2.45, 2.75) is 40.5 Å². The van der Waals surface area contributed by atoms with E-state index in [0.717, 1.165) is 38.5 Å². The van der Waals surface area contributed by atoms with Crippen LogP contribution in [0.2, 0.25) is 0 Å². The molecule has 2 amide bonds. The van der Waals surface area contributed by atoms with E-state index in [4.69, 9.17) is 0 Å². The molecule has 4 aliphatic rings. The van der Waals surface area contributed by atoms with Gasteiger partial charge in [0.2, 0.25) is 5.91 Å². The Balaban J connectivity index is 1.31. The molecule has 1 heterocycles. The second-order valence-corrected chi connectivity index (χ2v) is 10.9. The van der Waals surface area contributed by atoms with Crippen LogP contribution in [0.5, 0.6) is 0 Å². The molecule has 6 heteroatoms. The topological polar surface area (TPSA) is 43.9 Å². The molecule has 2 bridgehead atoms. The van der Waals surface area contributed by atoms with Gasteiger partial charge < -0.3 is 9.80 Å². The molecular formula is C27H38FN3O2. The maximum atomic E-state index is 13.5. The molecule has 5 rings (SSSR count). The number of carbonyl (C=O) groups excluding carboxylic acids is 2. The van der Waals surface area contributed by atoms with Crippen LogP contribution < -0.4 is 0 Å². The van der Waals surface area contributed by atoms with Gasteiger partial charge in [-0.1, -0.05) is 45.4 Å². The molecule has 0 aromatic heterocycles. The fraction of sp³-hybridized carbons (Fsp3) is 0.630. The van der Waals surface area contributed by atoms with Gasteiger partial charge in [0.05, 0.1) is 0 Å². The Morgan fingerprint density at radius 2 is 1.91 bits per heavy atom. The summed E-state index contributed by atoms with van der Waals surface area (Å²) in [5.41, 5.74) is 2.21. The highest BCUT2D eigenvalue weighted by molar-refractivity contribution is 5.94. The van der Waals surface area contributed by atoms with E-state index in [2.05, 4.69) is 29.7 Å². The summed E-state index contributed by atoms with van der Waals surface area (Å²) in [6, 6.07) is 5.90. The highest BCUT2D eigenvalue weighted by atomic mass is 19.1. The van der Waals surface area contributed by atoms with Crippen molar-refractivity contribution in [3.05, 3.63) is 47.3 Å². The van der Waals surface area contributed by atoms with Gasteiger partial charge in [-0.25, -0.2) is 4.39 Å². The van der Waals surface area contributed by atoms with Gasteiger partial charge in [0.25, 0.3) is 5.91 Å². The first-order valence-electron chi connectivity index (χ1n) is 12.4. The van der Waals surface area contributed by atoms with Gasteiger partial charge in [-0.3, -0.25) is 14.5 Å². The molecule has 2 atom stereocenters. The van der Waals surface area contributed by atoms with Gasteiger partial charge in [-0.05, 0) is 48.3 Å². The van der Waals surface area contributed by atoms with Crippen molar-refractivity contribution in [1.82, 2.24) is 14.7 Å². The maximum Gasteiger partial charge on any atom is 0.254 e. The summed E-state index contributed by atoms with van der Waals surface area (Å²) in [7, 11) is 0. The van der Waals surface area contributed by atoms with Gasteiger partial charge in [0, 0.05) is 57.3 Å². The molecule has 1 saturated carbocycles. The van der Waals surface area contributed by atoms with Crippen LogP contribution in [-0.2, 0) is 4.79 Å². The molecule has 1 aromatic rings. The van der Waals surface area contributed by atoms with Crippen molar-refractivity contribution in [2.75, 3.05) is 45.8 Å². The molecule has 1 aromatic carbocycles. The summed E-state index contributed by atoms with van der Waals surface area (Å²) in [5.74, 6) is 1.11. The minimum absolute atomic E-state index is 0.0166. The largest absolute Gasteiger partial charge is 0.337 e. The lowest BCUT2D eigenvalue weighted by atomic mass is 9.49. The zero-order valence-corrected chi connectivity index (χ0v) is 20.5. The molecule has 33 heavy (non-hydrogen) atoms. The molecule has 0 N–H and O–H groups in total. The standard InChI is InChI=1S/C27H38FN3O2/c1-19(2)25(32)31(18-21-8-9-22-17-24(21)27(22,3)4)15-12-29-10-13-30(14-11-29)26(33)20-6-5-7-23(28)16-20/h5-8,16,19,22,24H,9-15,17-18H2,1-4H3. The Bertz CT molecular complexity index is 918. The fourth-order valence-corrected chi connectivity index (χ4v) is 5.75. The Hall–Kier alpha value is -2.21. The van der Waals surface area contributed by atoms with Crippen molar-refractivity contribution >= 4 is 11.8 Å². The van der Waals surface area contributed by atoms with E-state index in [0.29, 0.717) is 36.5 Å². The number of nitrogens with zero attached hydrogens (tertiary/aromatic N) is 3. The van der Waals surface area contributed by atoms with Gasteiger partial charge in [0.1, 0.15) is 5.82 Å². The zero-order valence-electron chi connectivity index (χ0n) is 20.5. The predicted octanol–water partition coefficient (Wildman–Crippen LogP) is 4.06. The SMILES string of the molecule is CC(C)C(=O)N(CCN1CCN(C(=O)c2cccc(F)c2)CC1)CC1=CCC2CC1C2(C)C. The van der Waals surface area contributed by atoms with Gasteiger partial charge in [-0.2, -0.15) is 0 Å². The Morgan fingerprint density at radius 1 is 1.18 bits per heavy atom. The summed E-state index contributed by atoms with van der Waals surface area (Å²) >= 11 is 0. The number of piperazine rings is 1. The third-order valence-electron chi connectivity index (χ3n) is 8.18. The lowest BCUT2D eigenvalue weighted by Crippen LogP contribution is -2.52. The average Bonchev–Trinajstić information content (AvgIpc) is 2.81. The first-order chi connectivity index (χ1) is 15.7. The van der Waals surface area contributed by atoms with Crippen LogP contribution in [0.3, 0.4) is 0 Å². The molecule has 1 aliphatic heterocycles. The fourth-order valence-electron chi connectivity index (χ4n) is 5.75. The Kier molecular flexibility index (Phi) is 6.94. The van der Waals surface area contributed by atoms with Crippen molar-refractivity contribution in [2.24, 2.45) is 23.2 Å². The van der Waals surface area contributed by atoms with Crippen molar-refractivity contribution in [3.8, 4) is 0 Å². The van der Waals surface area contributed by atoms with Crippen molar-refractivity contribution in [3.63, 3.8) is 0 Å². The quantitative estimate of drug-likeness (QED) is 0.583. The maximum absolute atomic E-state index is 13.5. The molecule has 0 radical (unpaired) electrons. The first kappa shape index (κ1) is 23.9. The van der Waals surface area contributed by atoms with Crippen molar-refractivity contribution in [1.29, 1.82) is 0 Å². The average molecular weight is 456 g/mol. The summed E-state index contributed by atoms with van der Waals surface area (Å²) in [6.45, 7) is 13.7. The van der Waals surface area contributed by atoms with E-state index in [-0.39, 0.29) is 23.5 Å². The van der Waals surface area contributed by atoms with Crippen LogP contribution in [-0.4, -0.2) is 72.3 Å². The summed E-state index contributed by atoms with van der Waals surface area (Å²) in [4.78, 5) is 31.8. The minimum Gasteiger partial charge on any atom is -0.337 e. The van der Waals surface area contributed by atoms with Crippen LogP contribution in [0.1, 0.15) is 50.9 Å². The van der Waals surface area contributed by atoms with Crippen LogP contribution in [0.25, 0.3) is 0 Å². The molecule has 180 valence electrons. The number of hydrogen-bond donors (Lipinski definition) is 0. The molecule has 1 saturated heterocycles. The Morgan fingerprint density at radius 3 is 2.52 bits per heavy atom. The lowest BCUT2D eigenvalue weighted by molar-refractivity contribution is -0.134. The van der Waals surface area contributed by atoms with E-state index in [1.54, 1.807) is 17.0 Å². The number of carbonyl (C=O) groups is 2. The van der Waals surface area contributed by atoms with Gasteiger partial charge in [0.15, 0.2) is 0 Å². The van der Waals surface area contributed by atoms with Gasteiger partial charge in [-0.15, -0.1) is 0 Å². The lowest BCUT2D eigenvalue weighted by Gasteiger charge is -2.57. The normalized spacial score (nSPS) is 24.3. The summed E-state index contributed by atoms with van der Waals surface area (Å²) in [5, 5.41) is 0. The Labute approximate surface area is 197 Å². The highest BCUT2D eigenvalue weighted by Gasteiger charge is 2.51. The van der Waals surface area contributed by atoms with E-state index in [1.807, 2.05) is 13.8 Å². The summed E-state index contributed by atoms with van der Waals surface area (Å²) < 4.78 is 13.5. The van der Waals surface area contributed by atoms with E-state index >= 15 is 0 Å². The molecule has 3 aliphatic carbocycles. The van der Waals surface area contributed by atoms with E-state index in [9.17, 15) is 14.0 Å². The second-order valence-electron chi connectivity index (χ2n) is 10.9. The first-order valence-corrected chi connectivity index (χ1v) is 12.4. The number of amides is 2. The molecule has 5 nitrogen and oxygen atoms in total. The van der Waals surface area contributed by atoms with Crippen LogP contribution in [0.15, 0.2) is 35.9 Å². The van der Waals surface area contributed by atoms with E-state index in [1.165, 1.54) is 24.1 Å². The third kappa shape index (κ3) is 5.01. The van der Waals surface area contributed by atoms with Crippen LogP contribution in [0.4, 0.5) is 4.39 Å². The van der Waals surface area contributed by atoms with Crippen LogP contribution >= 0.6 is 0 Å². The monoisotopic (exact) mass is 455 g/mol. The number of benzene rings is 1. The summed E-state index contributed by atoms with van der Waals surface area (Å²) in [6.07, 6.45) is 4.80. The number of hydrogen-bond acceptors (Lipinski definition) is 3.